The van der Waals surface area contributed by atoms with Crippen molar-refractivity contribution in [1.29, 1.82) is 0 Å². The molecular formula is C17H23N3S. The maximum absolute atomic E-state index is 5.94. The Bertz CT molecular complexity index is 583. The zero-order valence-corrected chi connectivity index (χ0v) is 13.6. The fraction of sp³-hybridized carbons (Fsp3) is 0.471. The van der Waals surface area contributed by atoms with Gasteiger partial charge < -0.3 is 10.6 Å². The van der Waals surface area contributed by atoms with Crippen LogP contribution < -0.4 is 10.6 Å². The van der Waals surface area contributed by atoms with Crippen LogP contribution in [0.2, 0.25) is 0 Å². The van der Waals surface area contributed by atoms with Crippen LogP contribution >= 0.6 is 11.3 Å². The van der Waals surface area contributed by atoms with Gasteiger partial charge in [-0.25, -0.2) is 4.98 Å². The van der Waals surface area contributed by atoms with E-state index in [-0.39, 0.29) is 0 Å². The average molecular weight is 301 g/mol. The van der Waals surface area contributed by atoms with Crippen LogP contribution in [0.15, 0.2) is 30.3 Å². The van der Waals surface area contributed by atoms with Crippen LogP contribution in [0.3, 0.4) is 0 Å². The molecular weight excluding hydrogens is 278 g/mol. The highest BCUT2D eigenvalue weighted by atomic mass is 32.1. The standard InChI is InChI=1S/C17H23N3S/c1-12-8-13(2)11-20(10-12)17-19-16(15(9-18)21-17)14-6-4-3-5-7-14/h3-7,12-13H,8-11,18H2,1-2H3. The molecule has 4 heteroatoms. The van der Waals surface area contributed by atoms with Crippen LogP contribution in [0.25, 0.3) is 11.3 Å². The molecule has 1 aromatic carbocycles. The summed E-state index contributed by atoms with van der Waals surface area (Å²) in [6, 6.07) is 10.4. The van der Waals surface area contributed by atoms with Gasteiger partial charge in [-0.05, 0) is 18.3 Å². The molecule has 0 amide bonds. The monoisotopic (exact) mass is 301 g/mol. The zero-order valence-electron chi connectivity index (χ0n) is 12.7. The highest BCUT2D eigenvalue weighted by Gasteiger charge is 2.25. The highest BCUT2D eigenvalue weighted by Crippen LogP contribution is 2.35. The van der Waals surface area contributed by atoms with Crippen LogP contribution in [0.4, 0.5) is 5.13 Å². The number of nitrogens with two attached hydrogens (primary N) is 1. The number of piperidine rings is 1. The lowest BCUT2D eigenvalue weighted by Crippen LogP contribution is -2.38. The number of thiazole rings is 1. The molecule has 0 radical (unpaired) electrons. The SMILES string of the molecule is CC1CC(C)CN(c2nc(-c3ccccc3)c(CN)s2)C1. The normalized spacial score (nSPS) is 22.5. The van der Waals surface area contributed by atoms with Crippen molar-refractivity contribution in [3.05, 3.63) is 35.2 Å². The maximum Gasteiger partial charge on any atom is 0.186 e. The van der Waals surface area contributed by atoms with Gasteiger partial charge >= 0.3 is 0 Å². The molecule has 112 valence electrons. The molecule has 2 N–H and O–H groups in total. The minimum atomic E-state index is 0.556. The zero-order chi connectivity index (χ0) is 14.8. The first-order chi connectivity index (χ1) is 10.2. The number of hydrogen-bond acceptors (Lipinski definition) is 4. The summed E-state index contributed by atoms with van der Waals surface area (Å²) in [5, 5.41) is 1.13. The van der Waals surface area contributed by atoms with Crippen molar-refractivity contribution in [2.45, 2.75) is 26.8 Å². The Morgan fingerprint density at radius 2 is 1.86 bits per heavy atom. The van der Waals surface area contributed by atoms with E-state index in [2.05, 4.69) is 43.0 Å². The van der Waals surface area contributed by atoms with Gasteiger partial charge in [-0.1, -0.05) is 55.5 Å². The summed E-state index contributed by atoms with van der Waals surface area (Å²) < 4.78 is 0. The maximum atomic E-state index is 5.94. The van der Waals surface area contributed by atoms with Crippen molar-refractivity contribution >= 4 is 16.5 Å². The Morgan fingerprint density at radius 1 is 1.19 bits per heavy atom. The van der Waals surface area contributed by atoms with Gasteiger partial charge in [-0.15, -0.1) is 0 Å². The second-order valence-corrected chi connectivity index (χ2v) is 7.25. The molecule has 1 aliphatic heterocycles. The lowest BCUT2D eigenvalue weighted by molar-refractivity contribution is 0.356. The van der Waals surface area contributed by atoms with Gasteiger partial charge in [0.15, 0.2) is 5.13 Å². The van der Waals surface area contributed by atoms with Gasteiger partial charge in [-0.2, -0.15) is 0 Å². The minimum Gasteiger partial charge on any atom is -0.348 e. The molecule has 2 aromatic rings. The quantitative estimate of drug-likeness (QED) is 0.939. The molecule has 1 aromatic heterocycles. The van der Waals surface area contributed by atoms with E-state index in [4.69, 9.17) is 10.7 Å². The third-order valence-corrected chi connectivity index (χ3v) is 5.20. The van der Waals surface area contributed by atoms with Crippen molar-refractivity contribution in [2.24, 2.45) is 17.6 Å². The fourth-order valence-electron chi connectivity index (χ4n) is 3.25. The number of nitrogens with zero attached hydrogens (tertiary/aromatic N) is 2. The first-order valence-electron chi connectivity index (χ1n) is 7.67. The number of anilines is 1. The van der Waals surface area contributed by atoms with Crippen molar-refractivity contribution in [2.75, 3.05) is 18.0 Å². The van der Waals surface area contributed by atoms with Crippen LogP contribution in [-0.4, -0.2) is 18.1 Å². The van der Waals surface area contributed by atoms with Crippen LogP contribution in [0.1, 0.15) is 25.1 Å². The van der Waals surface area contributed by atoms with Crippen molar-refractivity contribution < 1.29 is 0 Å². The summed E-state index contributed by atoms with van der Waals surface area (Å²) in [5.41, 5.74) is 8.16. The summed E-state index contributed by atoms with van der Waals surface area (Å²) >= 11 is 1.75. The topological polar surface area (TPSA) is 42.2 Å². The predicted molar refractivity (Wildman–Crippen MR) is 90.6 cm³/mol. The van der Waals surface area contributed by atoms with Gasteiger partial charge in [0.1, 0.15) is 0 Å². The third kappa shape index (κ3) is 3.11. The van der Waals surface area contributed by atoms with Gasteiger partial charge in [0.2, 0.25) is 0 Å². The average Bonchev–Trinajstić information content (AvgIpc) is 2.91. The molecule has 2 heterocycles. The van der Waals surface area contributed by atoms with Crippen LogP contribution in [-0.2, 0) is 6.54 Å². The van der Waals surface area contributed by atoms with Crippen molar-refractivity contribution in [3.8, 4) is 11.3 Å². The largest absolute Gasteiger partial charge is 0.348 e. The van der Waals surface area contributed by atoms with Gasteiger partial charge in [-0.3, -0.25) is 0 Å². The Balaban J connectivity index is 1.92. The fourth-order valence-corrected chi connectivity index (χ4v) is 4.23. The molecule has 2 unspecified atom stereocenters. The molecule has 1 saturated heterocycles. The first-order valence-corrected chi connectivity index (χ1v) is 8.49. The van der Waals surface area contributed by atoms with E-state index < -0.39 is 0 Å². The van der Waals surface area contributed by atoms with E-state index in [0.717, 1.165) is 35.8 Å². The van der Waals surface area contributed by atoms with Gasteiger partial charge in [0.25, 0.3) is 0 Å². The Kier molecular flexibility index (Phi) is 4.27. The summed E-state index contributed by atoms with van der Waals surface area (Å²) in [4.78, 5) is 8.53. The van der Waals surface area contributed by atoms with E-state index >= 15 is 0 Å². The summed E-state index contributed by atoms with van der Waals surface area (Å²) in [7, 11) is 0. The lowest BCUT2D eigenvalue weighted by atomic mass is 9.92. The molecule has 3 rings (SSSR count). The van der Waals surface area contributed by atoms with E-state index in [9.17, 15) is 0 Å². The predicted octanol–water partition coefficient (Wildman–Crippen LogP) is 3.75. The second-order valence-electron chi connectivity index (χ2n) is 6.19. The molecule has 3 nitrogen and oxygen atoms in total. The number of benzene rings is 1. The summed E-state index contributed by atoms with van der Waals surface area (Å²) in [6.07, 6.45) is 1.32. The van der Waals surface area contributed by atoms with Crippen LogP contribution in [0, 0.1) is 11.8 Å². The Morgan fingerprint density at radius 3 is 2.48 bits per heavy atom. The van der Waals surface area contributed by atoms with E-state index in [1.165, 1.54) is 16.9 Å². The van der Waals surface area contributed by atoms with E-state index in [0.29, 0.717) is 6.54 Å². The number of rotatable bonds is 3. The molecule has 2 atom stereocenters. The molecule has 1 fully saturated rings. The molecule has 0 aliphatic carbocycles. The van der Waals surface area contributed by atoms with Gasteiger partial charge in [0.05, 0.1) is 5.69 Å². The molecule has 0 spiro atoms. The Labute approximate surface area is 130 Å². The highest BCUT2D eigenvalue weighted by molar-refractivity contribution is 7.16. The molecule has 21 heavy (non-hydrogen) atoms. The molecule has 1 aliphatic rings. The number of hydrogen-bond donors (Lipinski definition) is 1. The van der Waals surface area contributed by atoms with Gasteiger partial charge in [0, 0.05) is 30.1 Å². The Hall–Kier alpha value is -1.39. The smallest absolute Gasteiger partial charge is 0.186 e. The summed E-state index contributed by atoms with van der Waals surface area (Å²) in [6.45, 7) is 7.43. The van der Waals surface area contributed by atoms with Crippen molar-refractivity contribution in [1.82, 2.24) is 4.98 Å². The lowest BCUT2D eigenvalue weighted by Gasteiger charge is -2.34. The summed E-state index contributed by atoms with van der Waals surface area (Å²) in [5.74, 6) is 1.47. The van der Waals surface area contributed by atoms with Crippen LogP contribution in [0.5, 0.6) is 0 Å². The second kappa shape index (κ2) is 6.16. The van der Waals surface area contributed by atoms with E-state index in [1.807, 2.05) is 6.07 Å². The van der Waals surface area contributed by atoms with Crippen molar-refractivity contribution in [3.63, 3.8) is 0 Å². The van der Waals surface area contributed by atoms with E-state index in [1.54, 1.807) is 11.3 Å². The minimum absolute atomic E-state index is 0.556. The first kappa shape index (κ1) is 14.5. The molecule has 0 saturated carbocycles. The third-order valence-electron chi connectivity index (χ3n) is 4.06. The number of aromatic nitrogens is 1. The molecule has 0 bridgehead atoms.